The summed E-state index contributed by atoms with van der Waals surface area (Å²) in [6.07, 6.45) is 0.563. The highest BCUT2D eigenvalue weighted by Gasteiger charge is 2.43. The van der Waals surface area contributed by atoms with E-state index in [4.69, 9.17) is 4.74 Å². The lowest BCUT2D eigenvalue weighted by atomic mass is 9.89. The van der Waals surface area contributed by atoms with Crippen LogP contribution in [0.4, 0.5) is 0 Å². The number of nitriles is 2. The van der Waals surface area contributed by atoms with Crippen molar-refractivity contribution in [3.63, 3.8) is 0 Å². The molecule has 1 aromatic heterocycles. The number of allylic oxidation sites excluding steroid dienone is 2. The summed E-state index contributed by atoms with van der Waals surface area (Å²) in [7, 11) is 0. The first-order chi connectivity index (χ1) is 15.5. The van der Waals surface area contributed by atoms with Crippen molar-refractivity contribution in [3.8, 4) is 12.1 Å². The summed E-state index contributed by atoms with van der Waals surface area (Å²) in [6.45, 7) is 4.97. The molecular formula is C25H21N5O2. The Hall–Kier alpha value is -3.91. The molecule has 0 aliphatic carbocycles. The Labute approximate surface area is 185 Å². The molecule has 0 fully saturated rings. The van der Waals surface area contributed by atoms with Crippen LogP contribution in [-0.4, -0.2) is 27.9 Å². The highest BCUT2D eigenvalue weighted by molar-refractivity contribution is 6.11. The maximum atomic E-state index is 11.3. The second-order valence-electron chi connectivity index (χ2n) is 7.86. The van der Waals surface area contributed by atoms with Gasteiger partial charge < -0.3 is 19.7 Å². The summed E-state index contributed by atoms with van der Waals surface area (Å²) >= 11 is 0. The van der Waals surface area contributed by atoms with Crippen LogP contribution in [0.1, 0.15) is 25.8 Å². The van der Waals surface area contributed by atoms with E-state index in [9.17, 15) is 15.6 Å². The number of aromatic nitrogens is 1. The van der Waals surface area contributed by atoms with Gasteiger partial charge in [0, 0.05) is 34.1 Å². The molecule has 0 spiro atoms. The van der Waals surface area contributed by atoms with Gasteiger partial charge in [-0.1, -0.05) is 24.3 Å². The van der Waals surface area contributed by atoms with E-state index in [2.05, 4.69) is 46.1 Å². The fourth-order valence-corrected chi connectivity index (χ4v) is 4.81. The molecule has 158 valence electrons. The molecule has 2 aliphatic heterocycles. The van der Waals surface area contributed by atoms with Crippen LogP contribution in [0.15, 0.2) is 64.4 Å². The van der Waals surface area contributed by atoms with Crippen molar-refractivity contribution in [2.75, 3.05) is 6.61 Å². The van der Waals surface area contributed by atoms with Gasteiger partial charge in [-0.3, -0.25) is 0 Å². The van der Waals surface area contributed by atoms with E-state index in [1.807, 2.05) is 30.3 Å². The molecule has 1 unspecified atom stereocenters. The number of aryl methyl sites for hydroxylation is 1. The molecule has 7 heteroatoms. The number of nitrogens with zero attached hydrogens (tertiary/aromatic N) is 4. The van der Waals surface area contributed by atoms with Crippen LogP contribution in [0.5, 0.6) is 0 Å². The third-order valence-electron chi connectivity index (χ3n) is 6.13. The number of aliphatic imine (C=N–C) groups is 1. The van der Waals surface area contributed by atoms with Gasteiger partial charge >= 0.3 is 0 Å². The van der Waals surface area contributed by atoms with Crippen molar-refractivity contribution in [1.29, 1.82) is 10.5 Å². The van der Waals surface area contributed by atoms with Gasteiger partial charge in [0.1, 0.15) is 12.1 Å². The largest absolute Gasteiger partial charge is 0.345 e. The van der Waals surface area contributed by atoms with Crippen LogP contribution in [0.25, 0.3) is 27.4 Å². The molecule has 2 aliphatic rings. The van der Waals surface area contributed by atoms with Crippen LogP contribution in [0, 0.1) is 22.7 Å². The molecule has 0 bridgehead atoms. The number of fused-ring (bicyclic) bond motifs is 4. The third kappa shape index (κ3) is 2.84. The molecule has 0 radical (unpaired) electrons. The maximum Gasteiger partial charge on any atom is 0.278 e. The van der Waals surface area contributed by atoms with E-state index in [1.165, 1.54) is 10.9 Å². The average Bonchev–Trinajstić information content (AvgIpc) is 3.07. The predicted molar refractivity (Wildman–Crippen MR) is 122 cm³/mol. The number of para-hydroxylation sites is 1. The Kier molecular flexibility index (Phi) is 4.60. The summed E-state index contributed by atoms with van der Waals surface area (Å²) in [5.41, 5.74) is 4.83. The molecule has 1 atom stereocenters. The van der Waals surface area contributed by atoms with Crippen molar-refractivity contribution in [1.82, 2.24) is 9.88 Å². The van der Waals surface area contributed by atoms with Crippen LogP contribution in [-0.2, 0) is 11.3 Å². The number of rotatable bonds is 2. The standard InChI is InChI=1S/C25H21N5O2/c1-3-30-22-7-5-4-6-18(22)19-12-16(8-9-23(19)30)17-10-11-32-25(31)24(17)15(2)28-20(13-26)21(14-27)29-25/h4-9,12,29,31H,3,10-11H2,1-2H3. The van der Waals surface area contributed by atoms with Crippen molar-refractivity contribution in [2.45, 2.75) is 32.7 Å². The van der Waals surface area contributed by atoms with Crippen molar-refractivity contribution >= 4 is 33.1 Å². The van der Waals surface area contributed by atoms with Gasteiger partial charge in [0.15, 0.2) is 11.4 Å². The summed E-state index contributed by atoms with van der Waals surface area (Å²) in [4.78, 5) is 4.33. The summed E-state index contributed by atoms with van der Waals surface area (Å²) in [6, 6.07) is 18.4. The van der Waals surface area contributed by atoms with Crippen molar-refractivity contribution < 1.29 is 9.84 Å². The molecule has 5 rings (SSSR count). The van der Waals surface area contributed by atoms with Crippen LogP contribution in [0.2, 0.25) is 0 Å². The van der Waals surface area contributed by atoms with Crippen LogP contribution < -0.4 is 5.32 Å². The molecule has 2 aromatic carbocycles. The van der Waals surface area contributed by atoms with E-state index < -0.39 is 5.91 Å². The Morgan fingerprint density at radius 2 is 1.94 bits per heavy atom. The minimum atomic E-state index is -1.93. The number of ether oxygens (including phenoxy) is 1. The topological polar surface area (TPSA) is 106 Å². The van der Waals surface area contributed by atoms with Gasteiger partial charge in [-0.15, -0.1) is 0 Å². The van der Waals surface area contributed by atoms with Gasteiger partial charge in [0.2, 0.25) is 0 Å². The normalized spacial score (nSPS) is 21.0. The third-order valence-corrected chi connectivity index (χ3v) is 6.13. The molecule has 3 aromatic rings. The quantitative estimate of drug-likeness (QED) is 0.649. The summed E-state index contributed by atoms with van der Waals surface area (Å²) in [5, 5.41) is 35.2. The first kappa shape index (κ1) is 20.0. The fraction of sp³-hybridized carbons (Fsp3) is 0.240. The van der Waals surface area contributed by atoms with Gasteiger partial charge in [-0.25, -0.2) is 4.99 Å². The first-order valence-electron chi connectivity index (χ1n) is 10.5. The molecule has 0 amide bonds. The van der Waals surface area contributed by atoms with E-state index in [-0.39, 0.29) is 18.0 Å². The maximum absolute atomic E-state index is 11.3. The fourth-order valence-electron chi connectivity index (χ4n) is 4.81. The number of hydrogen-bond donors (Lipinski definition) is 2. The van der Waals surface area contributed by atoms with E-state index in [0.717, 1.165) is 28.6 Å². The zero-order valence-electron chi connectivity index (χ0n) is 17.8. The zero-order chi connectivity index (χ0) is 22.5. The molecular weight excluding hydrogens is 402 g/mol. The lowest BCUT2D eigenvalue weighted by Crippen LogP contribution is -2.52. The highest BCUT2D eigenvalue weighted by Crippen LogP contribution is 2.39. The van der Waals surface area contributed by atoms with Gasteiger partial charge in [0.25, 0.3) is 5.91 Å². The van der Waals surface area contributed by atoms with E-state index in [1.54, 1.807) is 6.92 Å². The highest BCUT2D eigenvalue weighted by atomic mass is 16.6. The Bertz CT molecular complexity index is 1460. The van der Waals surface area contributed by atoms with Crippen LogP contribution >= 0.6 is 0 Å². The van der Waals surface area contributed by atoms with E-state index in [0.29, 0.717) is 17.7 Å². The molecule has 0 saturated carbocycles. The molecule has 32 heavy (non-hydrogen) atoms. The second kappa shape index (κ2) is 7.35. The molecule has 0 saturated heterocycles. The van der Waals surface area contributed by atoms with Crippen molar-refractivity contribution in [2.24, 2.45) is 4.99 Å². The number of nitrogens with one attached hydrogen (secondary N) is 1. The molecule has 3 heterocycles. The van der Waals surface area contributed by atoms with E-state index >= 15 is 0 Å². The summed E-state index contributed by atoms with van der Waals surface area (Å²) in [5.74, 6) is -1.93. The Morgan fingerprint density at radius 1 is 1.16 bits per heavy atom. The average molecular weight is 423 g/mol. The van der Waals surface area contributed by atoms with Crippen molar-refractivity contribution in [3.05, 3.63) is 65.0 Å². The predicted octanol–water partition coefficient (Wildman–Crippen LogP) is 3.96. The zero-order valence-corrected chi connectivity index (χ0v) is 17.8. The smallest absolute Gasteiger partial charge is 0.278 e. The van der Waals surface area contributed by atoms with Gasteiger partial charge in [0.05, 0.1) is 12.2 Å². The second-order valence-corrected chi connectivity index (χ2v) is 7.86. The monoisotopic (exact) mass is 423 g/mol. The minimum Gasteiger partial charge on any atom is -0.345 e. The Morgan fingerprint density at radius 3 is 2.69 bits per heavy atom. The van der Waals surface area contributed by atoms with Crippen LogP contribution in [0.3, 0.4) is 0 Å². The van der Waals surface area contributed by atoms with Gasteiger partial charge in [-0.05, 0) is 49.6 Å². The SMILES string of the molecule is CCn1c2ccccc2c2cc(C3=C4C(C)=NC(C#N)=C(C#N)NC4(O)OCC3)ccc21. The minimum absolute atomic E-state index is 0.0789. The molecule has 7 nitrogen and oxygen atoms in total. The van der Waals surface area contributed by atoms with Gasteiger partial charge in [-0.2, -0.15) is 10.5 Å². The number of hydrogen-bond acceptors (Lipinski definition) is 6. The lowest BCUT2D eigenvalue weighted by Gasteiger charge is -2.36. The molecule has 2 N–H and O–H groups in total. The lowest BCUT2D eigenvalue weighted by molar-refractivity contribution is -0.189. The number of aliphatic hydroxyl groups is 1. The first-order valence-corrected chi connectivity index (χ1v) is 10.5. The number of benzene rings is 2. The Balaban J connectivity index is 1.77. The summed E-state index contributed by atoms with van der Waals surface area (Å²) < 4.78 is 7.97.